The van der Waals surface area contributed by atoms with E-state index in [1.165, 1.54) is 0 Å². The van der Waals surface area contributed by atoms with E-state index >= 15 is 0 Å². The van der Waals surface area contributed by atoms with Gasteiger partial charge in [0.1, 0.15) is 11.5 Å². The van der Waals surface area contributed by atoms with Crippen molar-refractivity contribution in [1.29, 1.82) is 0 Å². The van der Waals surface area contributed by atoms with E-state index in [1.807, 2.05) is 0 Å². The van der Waals surface area contributed by atoms with E-state index < -0.39 is 27.8 Å². The number of carbonyl (C=O) groups is 2. The molecule has 10 nitrogen and oxygen atoms in total. The third-order valence-electron chi connectivity index (χ3n) is 3.20. The number of rotatable bonds is 5. The average molecular weight is 318 g/mol. The monoisotopic (exact) mass is 318 g/mol. The summed E-state index contributed by atoms with van der Waals surface area (Å²) in [7, 11) is -3.12. The molecule has 0 bridgehead atoms. The predicted molar refractivity (Wildman–Crippen MR) is 68.7 cm³/mol. The zero-order chi connectivity index (χ0) is 15.7. The fourth-order valence-electron chi connectivity index (χ4n) is 2.02. The minimum Gasteiger partial charge on any atom is -0.477 e. The maximum atomic E-state index is 11.8. The Morgan fingerprint density at radius 3 is 2.57 bits per heavy atom. The molecule has 0 atom stereocenters. The van der Waals surface area contributed by atoms with Gasteiger partial charge in [-0.25, -0.2) is 19.3 Å². The van der Waals surface area contributed by atoms with Crippen LogP contribution in [-0.2, 0) is 20.5 Å². The first-order valence-corrected chi connectivity index (χ1v) is 7.45. The summed E-state index contributed by atoms with van der Waals surface area (Å²) in [4.78, 5) is 28.3. The van der Waals surface area contributed by atoms with E-state index in [4.69, 9.17) is 5.11 Å². The molecule has 116 valence electrons. The molecule has 1 aliphatic carbocycles. The summed E-state index contributed by atoms with van der Waals surface area (Å²) >= 11 is 0. The maximum absolute atomic E-state index is 11.8. The van der Waals surface area contributed by atoms with Crippen molar-refractivity contribution in [2.24, 2.45) is 0 Å². The molecule has 0 radical (unpaired) electrons. The van der Waals surface area contributed by atoms with Crippen molar-refractivity contribution in [3.05, 3.63) is 17.7 Å². The first-order valence-electron chi connectivity index (χ1n) is 5.96. The van der Waals surface area contributed by atoms with Gasteiger partial charge in [0, 0.05) is 0 Å². The van der Waals surface area contributed by atoms with Gasteiger partial charge in [0.15, 0.2) is 0 Å². The Hall–Kier alpha value is -2.14. The van der Waals surface area contributed by atoms with E-state index in [-0.39, 0.29) is 11.5 Å². The molecule has 2 rings (SSSR count). The molecule has 0 aromatic carbocycles. The van der Waals surface area contributed by atoms with E-state index in [2.05, 4.69) is 19.4 Å². The second kappa shape index (κ2) is 5.33. The van der Waals surface area contributed by atoms with Gasteiger partial charge in [0.2, 0.25) is 0 Å². The number of carboxylic acid groups (broad SMARTS) is 1. The van der Waals surface area contributed by atoms with Gasteiger partial charge >= 0.3 is 22.3 Å². The summed E-state index contributed by atoms with van der Waals surface area (Å²) in [5, 5.41) is 8.85. The lowest BCUT2D eigenvalue weighted by Gasteiger charge is -2.40. The normalized spacial score (nSPS) is 16.8. The number of amides is 1. The van der Waals surface area contributed by atoms with Gasteiger partial charge < -0.3 is 14.8 Å². The minimum atomic E-state index is -4.15. The number of hydrogen-bond donors (Lipinski definition) is 4. The van der Waals surface area contributed by atoms with E-state index in [0.29, 0.717) is 12.8 Å². The quantitative estimate of drug-likeness (QED) is 0.580. The third kappa shape index (κ3) is 3.13. The smallest absolute Gasteiger partial charge is 0.421 e. The first-order chi connectivity index (χ1) is 9.78. The third-order valence-corrected chi connectivity index (χ3v) is 4.29. The Kier molecular flexibility index (Phi) is 3.87. The number of hydrogen-bond acceptors (Lipinski definition) is 6. The lowest BCUT2D eigenvalue weighted by Crippen LogP contribution is -2.55. The number of carboxylic acids is 1. The topological polar surface area (TPSA) is 150 Å². The molecule has 0 unspecified atom stereocenters. The number of methoxy groups -OCH3 is 1. The lowest BCUT2D eigenvalue weighted by molar-refractivity contribution is 0.0690. The Bertz CT molecular complexity index is 663. The van der Waals surface area contributed by atoms with Gasteiger partial charge in [-0.2, -0.15) is 13.1 Å². The molecule has 1 heterocycles. The second-order valence-corrected chi connectivity index (χ2v) is 6.00. The summed E-state index contributed by atoms with van der Waals surface area (Å²) in [6, 6.07) is 0. The molecule has 1 aromatic rings. The number of nitrogens with one attached hydrogen (secondary N) is 3. The summed E-state index contributed by atoms with van der Waals surface area (Å²) in [5.41, 5.74) is -1.19. The molecule has 1 aliphatic rings. The predicted octanol–water partition coefficient (Wildman–Crippen LogP) is -0.322. The van der Waals surface area contributed by atoms with Gasteiger partial charge in [-0.3, -0.25) is 0 Å². The number of nitrogens with zero attached hydrogens (tertiary/aromatic N) is 1. The highest BCUT2D eigenvalue weighted by Gasteiger charge is 2.45. The standard InChI is InChI=1S/C10H14N4O6S/c1-20-9(17)13-21(18,19)14-10(3-2-4-10)8-11-5-6(12-8)7(15)16/h5,14H,2-4H2,1H3,(H,11,12)(H,13,17)(H,15,16). The Labute approximate surface area is 120 Å². The Morgan fingerprint density at radius 1 is 1.48 bits per heavy atom. The molecule has 1 aromatic heterocycles. The number of aromatic amines is 1. The minimum absolute atomic E-state index is 0.142. The fourth-order valence-corrected chi connectivity index (χ4v) is 3.19. The Balaban J connectivity index is 2.21. The van der Waals surface area contributed by atoms with Crippen LogP contribution in [-0.4, -0.2) is 42.7 Å². The van der Waals surface area contributed by atoms with Crippen LogP contribution in [0.15, 0.2) is 6.20 Å². The van der Waals surface area contributed by atoms with Crippen LogP contribution in [0.3, 0.4) is 0 Å². The van der Waals surface area contributed by atoms with Crippen molar-refractivity contribution in [3.63, 3.8) is 0 Å². The van der Waals surface area contributed by atoms with Crippen molar-refractivity contribution in [1.82, 2.24) is 19.4 Å². The van der Waals surface area contributed by atoms with Crippen molar-refractivity contribution in [2.45, 2.75) is 24.8 Å². The van der Waals surface area contributed by atoms with Crippen LogP contribution in [0.5, 0.6) is 0 Å². The molecular weight excluding hydrogens is 304 g/mol. The van der Waals surface area contributed by atoms with Crippen molar-refractivity contribution in [2.75, 3.05) is 7.11 Å². The molecule has 0 aliphatic heterocycles. The highest BCUT2D eigenvalue weighted by molar-refractivity contribution is 7.88. The van der Waals surface area contributed by atoms with E-state index in [9.17, 15) is 18.0 Å². The SMILES string of the molecule is COC(=O)NS(=O)(=O)NC1(c2ncc(C(=O)O)[nH]2)CCC1. The van der Waals surface area contributed by atoms with Crippen molar-refractivity contribution >= 4 is 22.3 Å². The molecular formula is C10H14N4O6S. The highest BCUT2D eigenvalue weighted by Crippen LogP contribution is 2.40. The second-order valence-electron chi connectivity index (χ2n) is 4.59. The van der Waals surface area contributed by atoms with Gasteiger partial charge in [-0.1, -0.05) is 0 Å². The van der Waals surface area contributed by atoms with Gasteiger partial charge in [-0.15, -0.1) is 0 Å². The number of ether oxygens (including phenoxy) is 1. The fraction of sp³-hybridized carbons (Fsp3) is 0.500. The average Bonchev–Trinajstić information content (AvgIpc) is 2.83. The molecule has 11 heteroatoms. The van der Waals surface area contributed by atoms with Crippen molar-refractivity contribution < 1.29 is 27.9 Å². The molecule has 0 spiro atoms. The lowest BCUT2D eigenvalue weighted by atomic mass is 9.77. The maximum Gasteiger partial charge on any atom is 0.421 e. The van der Waals surface area contributed by atoms with Crippen LogP contribution in [0.25, 0.3) is 0 Å². The molecule has 4 N–H and O–H groups in total. The number of aromatic nitrogens is 2. The highest BCUT2D eigenvalue weighted by atomic mass is 32.2. The zero-order valence-corrected chi connectivity index (χ0v) is 11.9. The number of carbonyl (C=O) groups excluding carboxylic acids is 1. The largest absolute Gasteiger partial charge is 0.477 e. The summed E-state index contributed by atoms with van der Waals surface area (Å²) in [6.45, 7) is 0. The van der Waals surface area contributed by atoms with Crippen LogP contribution >= 0.6 is 0 Å². The van der Waals surface area contributed by atoms with E-state index in [0.717, 1.165) is 19.7 Å². The van der Waals surface area contributed by atoms with Crippen LogP contribution < -0.4 is 9.44 Å². The molecule has 1 saturated carbocycles. The van der Waals surface area contributed by atoms with Gasteiger partial charge in [0.25, 0.3) is 0 Å². The molecule has 21 heavy (non-hydrogen) atoms. The zero-order valence-electron chi connectivity index (χ0n) is 11.0. The van der Waals surface area contributed by atoms with E-state index in [1.54, 1.807) is 4.72 Å². The van der Waals surface area contributed by atoms with Crippen LogP contribution in [0.1, 0.15) is 35.6 Å². The number of H-pyrrole nitrogens is 1. The molecule has 0 saturated heterocycles. The number of aromatic carboxylic acids is 1. The molecule has 1 amide bonds. The number of imidazole rings is 1. The first kappa shape index (κ1) is 15.3. The van der Waals surface area contributed by atoms with Crippen LogP contribution in [0.2, 0.25) is 0 Å². The van der Waals surface area contributed by atoms with Crippen LogP contribution in [0, 0.1) is 0 Å². The van der Waals surface area contributed by atoms with Gasteiger partial charge in [-0.05, 0) is 19.3 Å². The summed E-state index contributed by atoms with van der Waals surface area (Å²) in [6.07, 6.45) is 1.59. The van der Waals surface area contributed by atoms with Crippen LogP contribution in [0.4, 0.5) is 4.79 Å². The van der Waals surface area contributed by atoms with Gasteiger partial charge in [0.05, 0.1) is 18.8 Å². The Morgan fingerprint density at radius 2 is 2.14 bits per heavy atom. The summed E-state index contributed by atoms with van der Waals surface area (Å²) < 4.78 is 31.9. The summed E-state index contributed by atoms with van der Waals surface area (Å²) in [5.74, 6) is -1.000. The molecule has 1 fully saturated rings. The van der Waals surface area contributed by atoms with Crippen molar-refractivity contribution in [3.8, 4) is 0 Å².